The third kappa shape index (κ3) is 4.41. The van der Waals surface area contributed by atoms with Crippen molar-refractivity contribution in [3.63, 3.8) is 0 Å². The van der Waals surface area contributed by atoms with E-state index in [0.717, 1.165) is 12.8 Å². The number of furan rings is 1. The van der Waals surface area contributed by atoms with Crippen molar-refractivity contribution in [2.45, 2.75) is 19.8 Å². The van der Waals surface area contributed by atoms with E-state index in [-0.39, 0.29) is 11.8 Å². The van der Waals surface area contributed by atoms with Crippen molar-refractivity contribution in [2.24, 2.45) is 0 Å². The van der Waals surface area contributed by atoms with Crippen molar-refractivity contribution in [1.82, 2.24) is 10.1 Å². The number of unbranched alkanes of at least 4 members (excludes halogenated alkanes) is 1. The monoisotopic (exact) mass is 403 g/mol. The molecule has 2 aromatic carbocycles. The number of amides is 1. The van der Waals surface area contributed by atoms with Crippen LogP contribution in [0.4, 0.5) is 5.69 Å². The van der Waals surface area contributed by atoms with Gasteiger partial charge in [0, 0.05) is 5.56 Å². The quantitative estimate of drug-likeness (QED) is 0.395. The number of carbonyl (C=O) groups is 1. The second-order valence-electron chi connectivity index (χ2n) is 6.63. The van der Waals surface area contributed by atoms with Gasteiger partial charge in [0.25, 0.3) is 11.8 Å². The molecular weight excluding hydrogens is 382 g/mol. The van der Waals surface area contributed by atoms with Crippen molar-refractivity contribution in [2.75, 3.05) is 11.9 Å². The number of ether oxygens (including phenoxy) is 1. The highest BCUT2D eigenvalue weighted by Gasteiger charge is 2.17. The molecule has 0 aliphatic rings. The number of aromatic nitrogens is 2. The summed E-state index contributed by atoms with van der Waals surface area (Å²) in [6.07, 6.45) is 3.56. The first-order valence-electron chi connectivity index (χ1n) is 9.76. The minimum Gasteiger partial charge on any atom is -0.494 e. The Morgan fingerprint density at radius 1 is 1.10 bits per heavy atom. The molecule has 0 spiro atoms. The van der Waals surface area contributed by atoms with Crippen molar-refractivity contribution in [3.8, 4) is 28.8 Å². The molecule has 0 atom stereocenters. The predicted octanol–water partition coefficient (Wildman–Crippen LogP) is 5.43. The molecule has 0 saturated heterocycles. The van der Waals surface area contributed by atoms with E-state index in [1.807, 2.05) is 18.2 Å². The highest BCUT2D eigenvalue weighted by Crippen LogP contribution is 2.29. The molecule has 0 aliphatic carbocycles. The molecule has 4 aromatic rings. The molecule has 7 nitrogen and oxygen atoms in total. The van der Waals surface area contributed by atoms with E-state index in [1.54, 1.807) is 48.7 Å². The summed E-state index contributed by atoms with van der Waals surface area (Å²) in [4.78, 5) is 17.2. The van der Waals surface area contributed by atoms with Crippen LogP contribution in [-0.2, 0) is 0 Å². The molecule has 2 aromatic heterocycles. The fourth-order valence-corrected chi connectivity index (χ4v) is 2.87. The largest absolute Gasteiger partial charge is 0.494 e. The minimum absolute atomic E-state index is 0.255. The number of nitrogens with zero attached hydrogens (tertiary/aromatic N) is 2. The Morgan fingerprint density at radius 3 is 2.83 bits per heavy atom. The van der Waals surface area contributed by atoms with E-state index >= 15 is 0 Å². The fraction of sp³-hybridized carbons (Fsp3) is 0.174. The Bertz CT molecular complexity index is 1120. The highest BCUT2D eigenvalue weighted by atomic mass is 16.5. The van der Waals surface area contributed by atoms with Crippen LogP contribution < -0.4 is 10.1 Å². The topological polar surface area (TPSA) is 90.4 Å². The summed E-state index contributed by atoms with van der Waals surface area (Å²) in [6.45, 7) is 2.73. The lowest BCUT2D eigenvalue weighted by Gasteiger charge is -2.10. The normalized spacial score (nSPS) is 10.7. The molecule has 152 valence electrons. The van der Waals surface area contributed by atoms with Gasteiger partial charge in [-0.2, -0.15) is 4.98 Å². The first-order chi connectivity index (χ1) is 14.7. The number of hydrogen-bond acceptors (Lipinski definition) is 6. The van der Waals surface area contributed by atoms with Crippen LogP contribution >= 0.6 is 0 Å². The van der Waals surface area contributed by atoms with Crippen LogP contribution in [0.3, 0.4) is 0 Å². The van der Waals surface area contributed by atoms with Crippen LogP contribution in [0, 0.1) is 0 Å². The summed E-state index contributed by atoms with van der Waals surface area (Å²) in [5.41, 5.74) is 1.68. The van der Waals surface area contributed by atoms with E-state index in [1.165, 1.54) is 0 Å². The maximum atomic E-state index is 12.8. The Balaban J connectivity index is 1.53. The van der Waals surface area contributed by atoms with Crippen LogP contribution in [0.2, 0.25) is 0 Å². The zero-order valence-electron chi connectivity index (χ0n) is 16.5. The van der Waals surface area contributed by atoms with Gasteiger partial charge in [-0.3, -0.25) is 4.79 Å². The van der Waals surface area contributed by atoms with Gasteiger partial charge in [-0.25, -0.2) is 0 Å². The summed E-state index contributed by atoms with van der Waals surface area (Å²) in [5, 5.41) is 6.87. The standard InChI is InChI=1S/C23H21N3O4/c1-2-3-13-28-17-9-6-8-16(15-17)22(27)24-19-11-5-4-10-18(19)23-25-21(26-30-23)20-12-7-14-29-20/h4-12,14-15H,2-3,13H2,1H3,(H,24,27). The Morgan fingerprint density at radius 2 is 2.00 bits per heavy atom. The fourth-order valence-electron chi connectivity index (χ4n) is 2.87. The lowest BCUT2D eigenvalue weighted by molar-refractivity contribution is 0.102. The Kier molecular flexibility index (Phi) is 5.89. The maximum Gasteiger partial charge on any atom is 0.260 e. The van der Waals surface area contributed by atoms with E-state index in [9.17, 15) is 4.79 Å². The molecule has 7 heteroatoms. The van der Waals surface area contributed by atoms with E-state index in [4.69, 9.17) is 13.7 Å². The molecule has 0 bridgehead atoms. The molecule has 0 radical (unpaired) electrons. The van der Waals surface area contributed by atoms with Crippen molar-refractivity contribution < 1.29 is 18.5 Å². The van der Waals surface area contributed by atoms with E-state index < -0.39 is 0 Å². The number of nitrogens with one attached hydrogen (secondary N) is 1. The van der Waals surface area contributed by atoms with Gasteiger partial charge in [-0.1, -0.05) is 36.7 Å². The molecule has 0 unspecified atom stereocenters. The van der Waals surface area contributed by atoms with Crippen LogP contribution in [-0.4, -0.2) is 22.7 Å². The zero-order chi connectivity index (χ0) is 20.8. The number of hydrogen-bond donors (Lipinski definition) is 1. The lowest BCUT2D eigenvalue weighted by atomic mass is 10.1. The number of anilines is 1. The number of carbonyl (C=O) groups excluding carboxylic acids is 1. The van der Waals surface area contributed by atoms with Crippen molar-refractivity contribution >= 4 is 11.6 Å². The minimum atomic E-state index is -0.255. The van der Waals surface area contributed by atoms with E-state index in [0.29, 0.717) is 40.8 Å². The van der Waals surface area contributed by atoms with Gasteiger partial charge in [-0.05, 0) is 48.9 Å². The lowest BCUT2D eigenvalue weighted by Crippen LogP contribution is -2.12. The van der Waals surface area contributed by atoms with Crippen molar-refractivity contribution in [1.29, 1.82) is 0 Å². The molecule has 0 aliphatic heterocycles. The summed E-state index contributed by atoms with van der Waals surface area (Å²) < 4.78 is 16.4. The summed E-state index contributed by atoms with van der Waals surface area (Å²) in [5.74, 6) is 1.55. The predicted molar refractivity (Wildman–Crippen MR) is 112 cm³/mol. The summed E-state index contributed by atoms with van der Waals surface area (Å²) in [7, 11) is 0. The van der Waals surface area contributed by atoms with Gasteiger partial charge in [-0.15, -0.1) is 0 Å². The van der Waals surface area contributed by atoms with Crippen LogP contribution in [0.1, 0.15) is 30.1 Å². The Labute approximate surface area is 173 Å². The molecule has 4 rings (SSSR count). The maximum absolute atomic E-state index is 12.8. The average molecular weight is 403 g/mol. The number of para-hydroxylation sites is 1. The smallest absolute Gasteiger partial charge is 0.260 e. The second kappa shape index (κ2) is 9.09. The first-order valence-corrected chi connectivity index (χ1v) is 9.76. The van der Waals surface area contributed by atoms with Gasteiger partial charge in [0.2, 0.25) is 5.82 Å². The SMILES string of the molecule is CCCCOc1cccc(C(=O)Nc2ccccc2-c2nc(-c3ccco3)no2)c1. The van der Waals surface area contributed by atoms with Gasteiger partial charge in [0.15, 0.2) is 5.76 Å². The van der Waals surface area contributed by atoms with Gasteiger partial charge in [0.05, 0.1) is 24.1 Å². The third-order valence-electron chi connectivity index (χ3n) is 4.44. The molecule has 30 heavy (non-hydrogen) atoms. The van der Waals surface area contributed by atoms with E-state index in [2.05, 4.69) is 22.4 Å². The molecule has 1 N–H and O–H groups in total. The van der Waals surface area contributed by atoms with Gasteiger partial charge >= 0.3 is 0 Å². The van der Waals surface area contributed by atoms with Gasteiger partial charge in [0.1, 0.15) is 5.75 Å². The second-order valence-corrected chi connectivity index (χ2v) is 6.63. The first kappa shape index (κ1) is 19.4. The molecular formula is C23H21N3O4. The summed E-state index contributed by atoms with van der Waals surface area (Å²) in [6, 6.07) is 17.9. The average Bonchev–Trinajstić information content (AvgIpc) is 3.47. The third-order valence-corrected chi connectivity index (χ3v) is 4.44. The van der Waals surface area contributed by atoms with Crippen molar-refractivity contribution in [3.05, 3.63) is 72.5 Å². The summed E-state index contributed by atoms with van der Waals surface area (Å²) >= 11 is 0. The molecule has 2 heterocycles. The van der Waals surface area contributed by atoms with Gasteiger partial charge < -0.3 is 19.0 Å². The van der Waals surface area contributed by atoms with Crippen LogP contribution in [0.25, 0.3) is 23.0 Å². The highest BCUT2D eigenvalue weighted by molar-refractivity contribution is 6.06. The Hall–Kier alpha value is -3.87. The molecule has 1 amide bonds. The molecule has 0 fully saturated rings. The van der Waals surface area contributed by atoms with Crippen LogP contribution in [0.15, 0.2) is 75.9 Å². The molecule has 0 saturated carbocycles. The number of benzene rings is 2. The number of rotatable bonds is 8. The van der Waals surface area contributed by atoms with Crippen LogP contribution in [0.5, 0.6) is 5.75 Å². The zero-order valence-corrected chi connectivity index (χ0v) is 16.5.